The van der Waals surface area contributed by atoms with Crippen LogP contribution in [0.25, 0.3) is 0 Å². The molecule has 122 valence electrons. The average molecular weight is 297 g/mol. The molecule has 1 rings (SSSR count). The van der Waals surface area contributed by atoms with Gasteiger partial charge in [0, 0.05) is 31.1 Å². The molecule has 0 radical (unpaired) electrons. The van der Waals surface area contributed by atoms with Crippen molar-refractivity contribution in [3.63, 3.8) is 0 Å². The molecule has 0 spiro atoms. The number of piperidine rings is 1. The molecule has 0 aromatic heterocycles. The van der Waals surface area contributed by atoms with Crippen LogP contribution in [0.1, 0.15) is 53.9 Å². The van der Waals surface area contributed by atoms with Crippen LogP contribution in [-0.2, 0) is 9.59 Å². The standard InChI is InChI=1S/C16H31N3O2/c1-12(2)15(21)19-11-7-6-8-13(19)14(20)17-9-10-18-16(3,4)5/h12-13,18H,6-11H2,1-5H3,(H,17,20). The van der Waals surface area contributed by atoms with Crippen molar-refractivity contribution in [3.8, 4) is 0 Å². The van der Waals surface area contributed by atoms with Gasteiger partial charge in [-0.3, -0.25) is 9.59 Å². The van der Waals surface area contributed by atoms with Crippen molar-refractivity contribution in [2.24, 2.45) is 5.92 Å². The van der Waals surface area contributed by atoms with Crippen molar-refractivity contribution < 1.29 is 9.59 Å². The van der Waals surface area contributed by atoms with Gasteiger partial charge < -0.3 is 15.5 Å². The molecule has 1 atom stereocenters. The smallest absolute Gasteiger partial charge is 0.242 e. The molecule has 2 N–H and O–H groups in total. The maximum absolute atomic E-state index is 12.3. The second-order valence-electron chi connectivity index (χ2n) is 7.17. The lowest BCUT2D eigenvalue weighted by molar-refractivity contribution is -0.144. The maximum atomic E-state index is 12.3. The van der Waals surface area contributed by atoms with Crippen LogP contribution in [0.4, 0.5) is 0 Å². The van der Waals surface area contributed by atoms with E-state index in [2.05, 4.69) is 31.4 Å². The van der Waals surface area contributed by atoms with Crippen molar-refractivity contribution in [1.29, 1.82) is 0 Å². The predicted octanol–water partition coefficient (Wildman–Crippen LogP) is 1.53. The summed E-state index contributed by atoms with van der Waals surface area (Å²) in [7, 11) is 0. The van der Waals surface area contributed by atoms with Gasteiger partial charge in [-0.1, -0.05) is 13.8 Å². The van der Waals surface area contributed by atoms with Crippen LogP contribution >= 0.6 is 0 Å². The number of carbonyl (C=O) groups is 2. The number of nitrogens with zero attached hydrogens (tertiary/aromatic N) is 1. The summed E-state index contributed by atoms with van der Waals surface area (Å²) in [5.41, 5.74) is 0.0508. The summed E-state index contributed by atoms with van der Waals surface area (Å²) >= 11 is 0. The summed E-state index contributed by atoms with van der Waals surface area (Å²) < 4.78 is 0. The van der Waals surface area contributed by atoms with Crippen molar-refractivity contribution in [1.82, 2.24) is 15.5 Å². The molecule has 5 nitrogen and oxygen atoms in total. The maximum Gasteiger partial charge on any atom is 0.242 e. The van der Waals surface area contributed by atoms with E-state index in [1.54, 1.807) is 4.90 Å². The third kappa shape index (κ3) is 6.04. The predicted molar refractivity (Wildman–Crippen MR) is 85.0 cm³/mol. The summed E-state index contributed by atoms with van der Waals surface area (Å²) in [5, 5.41) is 6.29. The Labute approximate surface area is 128 Å². The monoisotopic (exact) mass is 297 g/mol. The Balaban J connectivity index is 2.48. The number of nitrogens with one attached hydrogen (secondary N) is 2. The average Bonchev–Trinajstić information content (AvgIpc) is 2.41. The number of carbonyl (C=O) groups excluding carboxylic acids is 2. The molecule has 1 fully saturated rings. The second-order valence-corrected chi connectivity index (χ2v) is 7.17. The summed E-state index contributed by atoms with van der Waals surface area (Å²) in [4.78, 5) is 26.3. The van der Waals surface area contributed by atoms with Crippen LogP contribution in [-0.4, -0.2) is 47.9 Å². The molecule has 0 bridgehead atoms. The van der Waals surface area contributed by atoms with E-state index in [4.69, 9.17) is 0 Å². The fraction of sp³-hybridized carbons (Fsp3) is 0.875. The van der Waals surface area contributed by atoms with E-state index in [0.717, 1.165) is 25.8 Å². The number of hydrogen-bond acceptors (Lipinski definition) is 3. The minimum absolute atomic E-state index is 0.0144. The van der Waals surface area contributed by atoms with Gasteiger partial charge in [0.15, 0.2) is 0 Å². The highest BCUT2D eigenvalue weighted by Gasteiger charge is 2.32. The fourth-order valence-electron chi connectivity index (χ4n) is 2.54. The van der Waals surface area contributed by atoms with E-state index in [9.17, 15) is 9.59 Å². The highest BCUT2D eigenvalue weighted by molar-refractivity contribution is 5.88. The lowest BCUT2D eigenvalue weighted by Gasteiger charge is -2.36. The molecule has 1 aliphatic heterocycles. The van der Waals surface area contributed by atoms with Crippen molar-refractivity contribution in [2.75, 3.05) is 19.6 Å². The Morgan fingerprint density at radius 1 is 1.19 bits per heavy atom. The first kappa shape index (κ1) is 18.0. The first-order chi connectivity index (χ1) is 9.72. The molecule has 1 aliphatic rings. The molecule has 1 saturated heterocycles. The van der Waals surface area contributed by atoms with E-state index < -0.39 is 0 Å². The van der Waals surface area contributed by atoms with Gasteiger partial charge in [-0.05, 0) is 40.0 Å². The fourth-order valence-corrected chi connectivity index (χ4v) is 2.54. The zero-order valence-electron chi connectivity index (χ0n) is 14.2. The van der Waals surface area contributed by atoms with Crippen LogP contribution in [0.2, 0.25) is 0 Å². The molecule has 0 aromatic carbocycles. The normalized spacial score (nSPS) is 19.7. The lowest BCUT2D eigenvalue weighted by Crippen LogP contribution is -2.54. The molecule has 1 unspecified atom stereocenters. The Bertz CT molecular complexity index is 361. The lowest BCUT2D eigenvalue weighted by atomic mass is 9.99. The third-order valence-electron chi connectivity index (χ3n) is 3.66. The van der Waals surface area contributed by atoms with Crippen LogP contribution in [0.5, 0.6) is 0 Å². The van der Waals surface area contributed by atoms with Crippen LogP contribution < -0.4 is 10.6 Å². The number of amides is 2. The molecular formula is C16H31N3O2. The molecule has 5 heteroatoms. The molecule has 21 heavy (non-hydrogen) atoms. The summed E-state index contributed by atoms with van der Waals surface area (Å²) in [5.74, 6) is 0.0167. The Hall–Kier alpha value is -1.10. The van der Waals surface area contributed by atoms with Gasteiger partial charge in [-0.15, -0.1) is 0 Å². The van der Waals surface area contributed by atoms with Crippen LogP contribution in [0.3, 0.4) is 0 Å². The van der Waals surface area contributed by atoms with E-state index in [0.29, 0.717) is 13.1 Å². The first-order valence-electron chi connectivity index (χ1n) is 8.05. The van der Waals surface area contributed by atoms with Gasteiger partial charge in [0.1, 0.15) is 6.04 Å². The molecule has 0 saturated carbocycles. The van der Waals surface area contributed by atoms with Crippen molar-refractivity contribution >= 4 is 11.8 Å². The highest BCUT2D eigenvalue weighted by atomic mass is 16.2. The minimum atomic E-state index is -0.289. The largest absolute Gasteiger partial charge is 0.353 e. The molecular weight excluding hydrogens is 266 g/mol. The Morgan fingerprint density at radius 2 is 1.86 bits per heavy atom. The second kappa shape index (κ2) is 7.78. The minimum Gasteiger partial charge on any atom is -0.353 e. The van der Waals surface area contributed by atoms with E-state index in [1.807, 2.05) is 13.8 Å². The number of likely N-dealkylation sites (tertiary alicyclic amines) is 1. The van der Waals surface area contributed by atoms with Gasteiger partial charge in [0.25, 0.3) is 0 Å². The van der Waals surface area contributed by atoms with E-state index >= 15 is 0 Å². The first-order valence-corrected chi connectivity index (χ1v) is 8.05. The SMILES string of the molecule is CC(C)C(=O)N1CCCCC1C(=O)NCCNC(C)(C)C. The molecule has 2 amide bonds. The summed E-state index contributed by atoms with van der Waals surface area (Å²) in [6, 6.07) is -0.289. The summed E-state index contributed by atoms with van der Waals surface area (Å²) in [6.07, 6.45) is 2.78. The molecule has 1 heterocycles. The van der Waals surface area contributed by atoms with Gasteiger partial charge in [-0.2, -0.15) is 0 Å². The quantitative estimate of drug-likeness (QED) is 0.757. The molecule has 0 aromatic rings. The highest BCUT2D eigenvalue weighted by Crippen LogP contribution is 2.19. The zero-order chi connectivity index (χ0) is 16.0. The van der Waals surface area contributed by atoms with Gasteiger partial charge in [0.2, 0.25) is 11.8 Å². The van der Waals surface area contributed by atoms with E-state index in [-0.39, 0.29) is 29.3 Å². The van der Waals surface area contributed by atoms with Crippen molar-refractivity contribution in [2.45, 2.75) is 65.5 Å². The van der Waals surface area contributed by atoms with Gasteiger partial charge >= 0.3 is 0 Å². The van der Waals surface area contributed by atoms with Crippen molar-refractivity contribution in [3.05, 3.63) is 0 Å². The number of rotatable bonds is 5. The zero-order valence-corrected chi connectivity index (χ0v) is 14.2. The summed E-state index contributed by atoms with van der Waals surface area (Å²) in [6.45, 7) is 12.1. The van der Waals surface area contributed by atoms with Gasteiger partial charge in [0.05, 0.1) is 0 Å². The Morgan fingerprint density at radius 3 is 2.43 bits per heavy atom. The topological polar surface area (TPSA) is 61.4 Å². The van der Waals surface area contributed by atoms with Crippen LogP contribution in [0.15, 0.2) is 0 Å². The van der Waals surface area contributed by atoms with Gasteiger partial charge in [-0.25, -0.2) is 0 Å². The van der Waals surface area contributed by atoms with Crippen LogP contribution in [0, 0.1) is 5.92 Å². The van der Waals surface area contributed by atoms with E-state index in [1.165, 1.54) is 0 Å². The third-order valence-corrected chi connectivity index (χ3v) is 3.66. The molecule has 0 aliphatic carbocycles. The number of hydrogen-bond donors (Lipinski definition) is 2. The Kier molecular flexibility index (Phi) is 6.65.